The lowest BCUT2D eigenvalue weighted by molar-refractivity contribution is -0.137. The second kappa shape index (κ2) is 8.14. The Balaban J connectivity index is 4.62. The number of hydrogen-bond donors (Lipinski definition) is 1. The molecule has 0 heterocycles. The van der Waals surface area contributed by atoms with E-state index in [1.165, 1.54) is 20.1 Å². The van der Waals surface area contributed by atoms with Gasteiger partial charge in [0.05, 0.1) is 13.7 Å². The fraction of sp³-hybridized carbons (Fsp3) is 0.600. The van der Waals surface area contributed by atoms with Gasteiger partial charge in [-0.25, -0.2) is 4.79 Å². The van der Waals surface area contributed by atoms with Crippen LogP contribution in [0.15, 0.2) is 23.9 Å². The number of methoxy groups -OCH3 is 1. The molecule has 0 atom stereocenters. The van der Waals surface area contributed by atoms with Crippen LogP contribution in [0.5, 0.6) is 0 Å². The quantitative estimate of drug-likeness (QED) is 0.354. The maximum atomic E-state index is 11.4. The number of ether oxygens (including phenoxy) is 1. The number of amides is 1. The molecule has 0 aliphatic heterocycles. The van der Waals surface area contributed by atoms with Crippen LogP contribution in [0.4, 0.5) is 0 Å². The molecule has 0 aliphatic carbocycles. The summed E-state index contributed by atoms with van der Waals surface area (Å²) in [6, 6.07) is 0. The molecule has 0 spiro atoms. The summed E-state index contributed by atoms with van der Waals surface area (Å²) in [6.45, 7) is 12.7. The zero-order valence-corrected chi connectivity index (χ0v) is 15.1. The van der Waals surface area contributed by atoms with Crippen LogP contribution in [0.25, 0.3) is 0 Å². The molecule has 0 saturated heterocycles. The highest BCUT2D eigenvalue weighted by atomic mass is 28.4. The molecule has 0 saturated carbocycles. The largest absolute Gasteiger partial charge is 0.464 e. The first-order valence-corrected chi connectivity index (χ1v) is 9.79. The van der Waals surface area contributed by atoms with Gasteiger partial charge < -0.3 is 14.5 Å². The molecular formula is C15H27NO4Si. The molecule has 1 amide bonds. The predicted octanol–water partition coefficient (Wildman–Crippen LogP) is 2.76. The summed E-state index contributed by atoms with van der Waals surface area (Å²) >= 11 is 0. The molecule has 21 heavy (non-hydrogen) atoms. The Morgan fingerprint density at radius 3 is 2.24 bits per heavy atom. The van der Waals surface area contributed by atoms with Gasteiger partial charge in [0.15, 0.2) is 8.32 Å². The van der Waals surface area contributed by atoms with Crippen molar-refractivity contribution in [2.75, 3.05) is 13.7 Å². The number of esters is 1. The van der Waals surface area contributed by atoms with Gasteiger partial charge in [-0.2, -0.15) is 0 Å². The molecule has 0 bridgehead atoms. The molecule has 120 valence electrons. The van der Waals surface area contributed by atoms with Gasteiger partial charge in [0.2, 0.25) is 5.91 Å². The normalized spacial score (nSPS) is 13.4. The second-order valence-corrected chi connectivity index (χ2v) is 11.1. The highest BCUT2D eigenvalue weighted by molar-refractivity contribution is 6.74. The summed E-state index contributed by atoms with van der Waals surface area (Å²) in [5.74, 6) is -0.905. The van der Waals surface area contributed by atoms with Crippen LogP contribution in [0.1, 0.15) is 27.7 Å². The summed E-state index contributed by atoms with van der Waals surface area (Å²) in [7, 11) is -0.504. The molecule has 1 N–H and O–H groups in total. The number of nitrogens with one attached hydrogen (secondary N) is 1. The lowest BCUT2D eigenvalue weighted by atomic mass is 10.2. The van der Waals surface area contributed by atoms with Gasteiger partial charge in [-0.1, -0.05) is 32.9 Å². The third-order valence-corrected chi connectivity index (χ3v) is 7.96. The predicted molar refractivity (Wildman–Crippen MR) is 86.2 cm³/mol. The van der Waals surface area contributed by atoms with Crippen LogP contribution in [0.3, 0.4) is 0 Å². The lowest BCUT2D eigenvalue weighted by Gasteiger charge is -2.35. The van der Waals surface area contributed by atoms with Crippen LogP contribution >= 0.6 is 0 Å². The van der Waals surface area contributed by atoms with Crippen molar-refractivity contribution in [1.82, 2.24) is 5.32 Å². The van der Waals surface area contributed by atoms with E-state index in [-0.39, 0.29) is 16.6 Å². The number of rotatable bonds is 6. The molecule has 0 rings (SSSR count). The van der Waals surface area contributed by atoms with Crippen molar-refractivity contribution in [3.8, 4) is 0 Å². The highest BCUT2D eigenvalue weighted by Gasteiger charge is 2.36. The topological polar surface area (TPSA) is 64.6 Å². The van der Waals surface area contributed by atoms with Crippen LogP contribution in [-0.2, 0) is 18.8 Å². The Labute approximate surface area is 128 Å². The fourth-order valence-electron chi connectivity index (χ4n) is 1.15. The number of carbonyl (C=O) groups is 2. The molecule has 5 nitrogen and oxygen atoms in total. The third kappa shape index (κ3) is 7.24. The van der Waals surface area contributed by atoms with E-state index in [0.717, 1.165) is 0 Å². The smallest absolute Gasteiger partial charge is 0.354 e. The van der Waals surface area contributed by atoms with Crippen molar-refractivity contribution in [1.29, 1.82) is 0 Å². The Morgan fingerprint density at radius 1 is 1.24 bits per heavy atom. The summed E-state index contributed by atoms with van der Waals surface area (Å²) < 4.78 is 10.6. The first kappa shape index (κ1) is 19.6. The maximum Gasteiger partial charge on any atom is 0.354 e. The zero-order chi connectivity index (χ0) is 16.7. The molecule has 0 aliphatic rings. The highest BCUT2D eigenvalue weighted by Crippen LogP contribution is 2.36. The Hall–Kier alpha value is -1.40. The molecule has 0 aromatic rings. The lowest BCUT2D eigenvalue weighted by Crippen LogP contribution is -2.40. The van der Waals surface area contributed by atoms with Gasteiger partial charge >= 0.3 is 5.97 Å². The average molecular weight is 313 g/mol. The Morgan fingerprint density at radius 2 is 1.81 bits per heavy atom. The van der Waals surface area contributed by atoms with Gasteiger partial charge in [-0.15, -0.1) is 0 Å². The van der Waals surface area contributed by atoms with E-state index in [2.05, 4.69) is 43.9 Å². The van der Waals surface area contributed by atoms with E-state index in [4.69, 9.17) is 4.43 Å². The first-order chi connectivity index (χ1) is 9.51. The van der Waals surface area contributed by atoms with Crippen molar-refractivity contribution in [3.05, 3.63) is 23.9 Å². The molecule has 0 radical (unpaired) electrons. The van der Waals surface area contributed by atoms with Crippen molar-refractivity contribution < 1.29 is 18.8 Å². The second-order valence-electron chi connectivity index (χ2n) is 6.25. The zero-order valence-electron chi connectivity index (χ0n) is 14.1. The van der Waals surface area contributed by atoms with Gasteiger partial charge in [-0.05, 0) is 24.2 Å². The van der Waals surface area contributed by atoms with E-state index in [9.17, 15) is 9.59 Å². The SMILES string of the molecule is COC(=O)/C(=C/C=C/CO[Si](C)(C)C(C)(C)C)NC(C)=O. The molecule has 0 unspecified atom stereocenters. The first-order valence-electron chi connectivity index (χ1n) is 6.88. The van der Waals surface area contributed by atoms with Crippen molar-refractivity contribution in [2.45, 2.75) is 45.8 Å². The number of hydrogen-bond acceptors (Lipinski definition) is 4. The Bertz CT molecular complexity index is 433. The minimum absolute atomic E-state index is 0.105. The van der Waals surface area contributed by atoms with Crippen LogP contribution in [-0.4, -0.2) is 33.9 Å². The van der Waals surface area contributed by atoms with Crippen molar-refractivity contribution in [2.24, 2.45) is 0 Å². The monoisotopic (exact) mass is 313 g/mol. The molecule has 6 heteroatoms. The van der Waals surface area contributed by atoms with Crippen LogP contribution in [0, 0.1) is 0 Å². The molecular weight excluding hydrogens is 286 g/mol. The van der Waals surface area contributed by atoms with Crippen LogP contribution in [0.2, 0.25) is 18.1 Å². The summed E-state index contributed by atoms with van der Waals surface area (Å²) in [4.78, 5) is 22.4. The van der Waals surface area contributed by atoms with Gasteiger partial charge in [0, 0.05) is 6.92 Å². The third-order valence-electron chi connectivity index (χ3n) is 3.46. The standard InChI is InChI=1S/C15H27NO4Si/c1-12(17)16-13(14(18)19-5)10-8-9-11-20-21(6,7)15(2,3)4/h8-10H,11H2,1-7H3,(H,16,17)/b9-8+,13-10-. The van der Waals surface area contributed by atoms with E-state index in [1.54, 1.807) is 6.08 Å². The average Bonchev–Trinajstić information content (AvgIpc) is 2.34. The van der Waals surface area contributed by atoms with Crippen molar-refractivity contribution in [3.63, 3.8) is 0 Å². The maximum absolute atomic E-state index is 11.4. The molecule has 0 aromatic carbocycles. The number of carbonyl (C=O) groups excluding carboxylic acids is 2. The van der Waals surface area contributed by atoms with Crippen LogP contribution < -0.4 is 5.32 Å². The van der Waals surface area contributed by atoms with Crippen molar-refractivity contribution >= 4 is 20.2 Å². The minimum atomic E-state index is -1.77. The number of allylic oxidation sites excluding steroid dienone is 2. The minimum Gasteiger partial charge on any atom is -0.464 e. The van der Waals surface area contributed by atoms with E-state index in [1.807, 2.05) is 6.08 Å². The van der Waals surface area contributed by atoms with Gasteiger partial charge in [0.1, 0.15) is 5.70 Å². The Kier molecular flexibility index (Phi) is 7.60. The summed E-state index contributed by atoms with van der Waals surface area (Å²) in [6.07, 6.45) is 4.99. The van der Waals surface area contributed by atoms with E-state index in [0.29, 0.717) is 6.61 Å². The van der Waals surface area contributed by atoms with Gasteiger partial charge in [0.25, 0.3) is 0 Å². The molecule has 0 aromatic heterocycles. The molecule has 0 fully saturated rings. The van der Waals surface area contributed by atoms with Gasteiger partial charge in [-0.3, -0.25) is 4.79 Å². The summed E-state index contributed by atoms with van der Waals surface area (Å²) in [5.41, 5.74) is 0.105. The fourth-order valence-corrected chi connectivity index (χ4v) is 2.10. The van der Waals surface area contributed by atoms with E-state index >= 15 is 0 Å². The summed E-state index contributed by atoms with van der Waals surface area (Å²) in [5, 5.41) is 2.58. The van der Waals surface area contributed by atoms with E-state index < -0.39 is 14.3 Å².